The Morgan fingerprint density at radius 2 is 1.85 bits per heavy atom. The van der Waals surface area contributed by atoms with Gasteiger partial charge in [0.25, 0.3) is 0 Å². The molecule has 4 amide bonds. The van der Waals surface area contributed by atoms with Crippen molar-refractivity contribution in [2.75, 3.05) is 26.4 Å². The van der Waals surface area contributed by atoms with Gasteiger partial charge in [0, 0.05) is 44.9 Å². The largest absolute Gasteiger partial charge is 0.361 e. The molecule has 0 radical (unpaired) electrons. The molecular weight excluding hydrogens is 338 g/mol. The van der Waals surface area contributed by atoms with Crippen LogP contribution in [0.4, 0.5) is 0 Å². The zero-order valence-corrected chi connectivity index (χ0v) is 15.8. The first-order valence-electron chi connectivity index (χ1n) is 9.41. The van der Waals surface area contributed by atoms with Crippen molar-refractivity contribution in [3.05, 3.63) is 0 Å². The summed E-state index contributed by atoms with van der Waals surface area (Å²) in [4.78, 5) is 47.7. The summed E-state index contributed by atoms with van der Waals surface area (Å²) in [5.41, 5.74) is 0. The Hall–Kier alpha value is -1.96. The lowest BCUT2D eigenvalue weighted by Gasteiger charge is -2.14. The summed E-state index contributed by atoms with van der Waals surface area (Å²) in [6.45, 7) is 5.07. The molecule has 1 aliphatic rings. The molecule has 0 bridgehead atoms. The van der Waals surface area contributed by atoms with Gasteiger partial charge >= 0.3 is 0 Å². The number of carbonyl (C=O) groups excluding carboxylic acids is 4. The lowest BCUT2D eigenvalue weighted by Crippen LogP contribution is -2.35. The van der Waals surface area contributed by atoms with Gasteiger partial charge in [-0.2, -0.15) is 0 Å². The van der Waals surface area contributed by atoms with Gasteiger partial charge in [0.2, 0.25) is 23.6 Å². The van der Waals surface area contributed by atoms with Crippen LogP contribution in [-0.2, 0) is 23.9 Å². The first-order chi connectivity index (χ1) is 12.5. The molecule has 2 N–H and O–H groups in total. The molecule has 148 valence electrons. The molecule has 1 aliphatic heterocycles. The first-order valence-corrected chi connectivity index (χ1v) is 9.41. The van der Waals surface area contributed by atoms with Crippen molar-refractivity contribution in [3.8, 4) is 0 Å². The van der Waals surface area contributed by atoms with E-state index >= 15 is 0 Å². The third-order valence-corrected chi connectivity index (χ3v) is 4.20. The fourth-order valence-corrected chi connectivity index (χ4v) is 2.61. The van der Waals surface area contributed by atoms with Crippen LogP contribution in [0, 0.1) is 5.92 Å². The Balaban J connectivity index is 1.99. The summed E-state index contributed by atoms with van der Waals surface area (Å²) in [5, 5.41) is 5.43. The van der Waals surface area contributed by atoms with Crippen LogP contribution in [0.1, 0.15) is 58.8 Å². The standard InChI is InChI=1S/C18H31N3O5/c1-3-4-5-9-19-15(22)7-6-11-26-13-20-16(23)8-10-21-17(24)12-14(2)18(21)25/h14H,3-13H2,1-2H3,(H,19,22)(H,20,23). The molecule has 1 rings (SSSR count). The molecule has 0 aromatic carbocycles. The van der Waals surface area contributed by atoms with Crippen LogP contribution in [0.5, 0.6) is 0 Å². The van der Waals surface area contributed by atoms with Crippen molar-refractivity contribution in [2.45, 2.75) is 58.8 Å². The quantitative estimate of drug-likeness (QED) is 0.286. The number of ether oxygens (including phenoxy) is 1. The Morgan fingerprint density at radius 3 is 2.50 bits per heavy atom. The molecule has 1 fully saturated rings. The first kappa shape index (κ1) is 22.1. The van der Waals surface area contributed by atoms with Crippen molar-refractivity contribution in [3.63, 3.8) is 0 Å². The molecule has 0 aromatic rings. The highest BCUT2D eigenvalue weighted by Gasteiger charge is 2.35. The van der Waals surface area contributed by atoms with Gasteiger partial charge < -0.3 is 15.4 Å². The van der Waals surface area contributed by atoms with Gasteiger partial charge in [-0.05, 0) is 12.8 Å². The summed E-state index contributed by atoms with van der Waals surface area (Å²) in [5.74, 6) is -0.994. The zero-order chi connectivity index (χ0) is 19.4. The average molecular weight is 369 g/mol. The number of nitrogens with one attached hydrogen (secondary N) is 2. The number of hydrogen-bond donors (Lipinski definition) is 2. The van der Waals surface area contributed by atoms with E-state index in [9.17, 15) is 19.2 Å². The maximum absolute atomic E-state index is 11.7. The number of unbranched alkanes of at least 4 members (excludes halogenated alkanes) is 2. The molecular formula is C18H31N3O5. The van der Waals surface area contributed by atoms with Crippen LogP contribution in [-0.4, -0.2) is 55.0 Å². The molecule has 0 saturated carbocycles. The molecule has 0 aliphatic carbocycles. The minimum absolute atomic E-state index is 0.0166. The maximum atomic E-state index is 11.7. The average Bonchev–Trinajstić information content (AvgIpc) is 2.85. The van der Waals surface area contributed by atoms with Gasteiger partial charge in [0.05, 0.1) is 0 Å². The summed E-state index contributed by atoms with van der Waals surface area (Å²) >= 11 is 0. The van der Waals surface area contributed by atoms with E-state index in [0.29, 0.717) is 26.0 Å². The normalized spacial score (nSPS) is 16.8. The van der Waals surface area contributed by atoms with Crippen LogP contribution in [0.25, 0.3) is 0 Å². The Labute approximate surface area is 155 Å². The Bertz CT molecular complexity index is 495. The summed E-state index contributed by atoms with van der Waals surface area (Å²) in [6, 6.07) is 0. The monoisotopic (exact) mass is 369 g/mol. The highest BCUT2D eigenvalue weighted by atomic mass is 16.5. The molecule has 26 heavy (non-hydrogen) atoms. The van der Waals surface area contributed by atoms with Crippen LogP contribution < -0.4 is 10.6 Å². The molecule has 1 saturated heterocycles. The molecule has 8 nitrogen and oxygen atoms in total. The van der Waals surface area contributed by atoms with Gasteiger partial charge in [-0.25, -0.2) is 0 Å². The highest BCUT2D eigenvalue weighted by molar-refractivity contribution is 6.03. The van der Waals surface area contributed by atoms with Gasteiger partial charge in [-0.15, -0.1) is 0 Å². The summed E-state index contributed by atoms with van der Waals surface area (Å²) < 4.78 is 5.27. The minimum atomic E-state index is -0.294. The number of imide groups is 1. The third kappa shape index (κ3) is 8.42. The molecule has 8 heteroatoms. The van der Waals surface area contributed by atoms with Crippen LogP contribution >= 0.6 is 0 Å². The summed E-state index contributed by atoms with van der Waals surface area (Å²) in [7, 11) is 0. The van der Waals surface area contributed by atoms with E-state index < -0.39 is 0 Å². The second-order valence-electron chi connectivity index (χ2n) is 6.55. The van der Waals surface area contributed by atoms with Gasteiger partial charge in [0.1, 0.15) is 6.73 Å². The fourth-order valence-electron chi connectivity index (χ4n) is 2.61. The second-order valence-corrected chi connectivity index (χ2v) is 6.55. The maximum Gasteiger partial charge on any atom is 0.232 e. The van der Waals surface area contributed by atoms with Gasteiger partial charge in [-0.1, -0.05) is 26.7 Å². The van der Waals surface area contributed by atoms with E-state index in [1.54, 1.807) is 6.92 Å². The number of nitrogens with zero attached hydrogens (tertiary/aromatic N) is 1. The van der Waals surface area contributed by atoms with E-state index in [4.69, 9.17) is 4.74 Å². The minimum Gasteiger partial charge on any atom is -0.361 e. The summed E-state index contributed by atoms with van der Waals surface area (Å²) in [6.07, 6.45) is 4.50. The third-order valence-electron chi connectivity index (χ3n) is 4.20. The zero-order valence-electron chi connectivity index (χ0n) is 15.8. The van der Waals surface area contributed by atoms with Gasteiger partial charge in [0.15, 0.2) is 0 Å². The van der Waals surface area contributed by atoms with Crippen LogP contribution in [0.3, 0.4) is 0 Å². The van der Waals surface area contributed by atoms with Crippen molar-refractivity contribution < 1.29 is 23.9 Å². The van der Waals surface area contributed by atoms with E-state index in [1.807, 2.05) is 0 Å². The van der Waals surface area contributed by atoms with Crippen molar-refractivity contribution in [1.82, 2.24) is 15.5 Å². The smallest absolute Gasteiger partial charge is 0.232 e. The van der Waals surface area contributed by atoms with E-state index in [1.165, 1.54) is 0 Å². The van der Waals surface area contributed by atoms with Crippen molar-refractivity contribution in [1.29, 1.82) is 0 Å². The lowest BCUT2D eigenvalue weighted by molar-refractivity contribution is -0.139. The van der Waals surface area contributed by atoms with Crippen molar-refractivity contribution >= 4 is 23.6 Å². The number of hydrogen-bond acceptors (Lipinski definition) is 5. The second kappa shape index (κ2) is 12.4. The topological polar surface area (TPSA) is 105 Å². The van der Waals surface area contributed by atoms with E-state index in [2.05, 4.69) is 17.6 Å². The Kier molecular flexibility index (Phi) is 10.5. The molecule has 1 unspecified atom stereocenters. The number of amides is 4. The molecule has 1 atom stereocenters. The van der Waals surface area contributed by atoms with E-state index in [0.717, 1.165) is 24.2 Å². The molecule has 0 aromatic heterocycles. The number of rotatable bonds is 13. The highest BCUT2D eigenvalue weighted by Crippen LogP contribution is 2.18. The predicted molar refractivity (Wildman–Crippen MR) is 95.8 cm³/mol. The fraction of sp³-hybridized carbons (Fsp3) is 0.778. The van der Waals surface area contributed by atoms with Crippen molar-refractivity contribution in [2.24, 2.45) is 5.92 Å². The number of likely N-dealkylation sites (tertiary alicyclic amines) is 1. The lowest BCUT2D eigenvalue weighted by atomic mass is 10.1. The number of carbonyl (C=O) groups is 4. The molecule has 1 heterocycles. The van der Waals surface area contributed by atoms with E-state index in [-0.39, 0.29) is 55.7 Å². The van der Waals surface area contributed by atoms with Crippen LogP contribution in [0.15, 0.2) is 0 Å². The van der Waals surface area contributed by atoms with Gasteiger partial charge in [-0.3, -0.25) is 24.1 Å². The van der Waals surface area contributed by atoms with Crippen LogP contribution in [0.2, 0.25) is 0 Å². The Morgan fingerprint density at radius 1 is 1.12 bits per heavy atom. The molecule has 0 spiro atoms. The SMILES string of the molecule is CCCCCNC(=O)CCCOCNC(=O)CCN1C(=O)CC(C)C1=O. The predicted octanol–water partition coefficient (Wildman–Crippen LogP) is 0.948.